The molecule has 2 rings (SSSR count). The van der Waals surface area contributed by atoms with Gasteiger partial charge in [0, 0.05) is 10.0 Å². The van der Waals surface area contributed by atoms with Crippen LogP contribution in [0.5, 0.6) is 11.5 Å². The second-order valence-corrected chi connectivity index (χ2v) is 6.62. The predicted octanol–water partition coefficient (Wildman–Crippen LogP) is 4.91. The summed E-state index contributed by atoms with van der Waals surface area (Å²) in [6.07, 6.45) is 1.63. The molecule has 2 aromatic rings. The summed E-state index contributed by atoms with van der Waals surface area (Å²) >= 11 is 3.41. The van der Waals surface area contributed by atoms with Crippen LogP contribution in [0.25, 0.3) is 0 Å². The number of nitrogens with one attached hydrogen (secondary N) is 1. The van der Waals surface area contributed by atoms with Gasteiger partial charge in [-0.1, -0.05) is 35.8 Å². The molecule has 0 spiro atoms. The molecule has 0 aromatic heterocycles. The maximum absolute atomic E-state index is 12.6. The zero-order chi connectivity index (χ0) is 18.4. The van der Waals surface area contributed by atoms with E-state index in [1.807, 2.05) is 36.4 Å². The number of amides is 1. The van der Waals surface area contributed by atoms with Gasteiger partial charge in [0.2, 0.25) is 0 Å². The molecule has 0 aliphatic rings. The zero-order valence-corrected chi connectivity index (χ0v) is 16.6. The normalized spacial score (nSPS) is 11.7. The minimum absolute atomic E-state index is 0.0926. The standard InChI is InChI=1S/C20H24BrNO3/c1-5-13-11-18(24-3)19(25-4)12-16(13)17(6-2)22-20(23)14-8-7-9-15(21)10-14/h7-12,17H,5-6H2,1-4H3,(H,22,23)/t17-/m0/s1. The summed E-state index contributed by atoms with van der Waals surface area (Å²) in [5.41, 5.74) is 2.83. The molecule has 0 unspecified atom stereocenters. The van der Waals surface area contributed by atoms with Crippen molar-refractivity contribution in [2.75, 3.05) is 14.2 Å². The van der Waals surface area contributed by atoms with E-state index in [0.29, 0.717) is 17.1 Å². The van der Waals surface area contributed by atoms with Crippen LogP contribution in [0, 0.1) is 0 Å². The fraction of sp³-hybridized carbons (Fsp3) is 0.350. The molecule has 0 aliphatic heterocycles. The molecule has 0 bridgehead atoms. The number of methoxy groups -OCH3 is 2. The Balaban J connectivity index is 2.35. The summed E-state index contributed by atoms with van der Waals surface area (Å²) in [4.78, 5) is 12.6. The first-order chi connectivity index (χ1) is 12.0. The molecule has 0 saturated heterocycles. The van der Waals surface area contributed by atoms with Gasteiger partial charge in [-0.15, -0.1) is 0 Å². The Bertz CT molecular complexity index is 746. The van der Waals surface area contributed by atoms with E-state index in [-0.39, 0.29) is 11.9 Å². The van der Waals surface area contributed by atoms with Crippen molar-refractivity contribution in [3.8, 4) is 11.5 Å². The molecule has 4 nitrogen and oxygen atoms in total. The molecule has 0 fully saturated rings. The number of aryl methyl sites for hydroxylation is 1. The van der Waals surface area contributed by atoms with Gasteiger partial charge in [0.25, 0.3) is 5.91 Å². The van der Waals surface area contributed by atoms with Crippen LogP contribution in [0.3, 0.4) is 0 Å². The van der Waals surface area contributed by atoms with Crippen molar-refractivity contribution in [3.05, 3.63) is 57.6 Å². The Morgan fingerprint density at radius 3 is 2.36 bits per heavy atom. The minimum Gasteiger partial charge on any atom is -0.493 e. The van der Waals surface area contributed by atoms with Gasteiger partial charge < -0.3 is 14.8 Å². The van der Waals surface area contributed by atoms with Gasteiger partial charge in [-0.25, -0.2) is 0 Å². The van der Waals surface area contributed by atoms with E-state index < -0.39 is 0 Å². The van der Waals surface area contributed by atoms with Crippen LogP contribution in [0.1, 0.15) is 47.8 Å². The molecule has 0 heterocycles. The monoisotopic (exact) mass is 405 g/mol. The second kappa shape index (κ2) is 8.90. The zero-order valence-electron chi connectivity index (χ0n) is 15.1. The van der Waals surface area contributed by atoms with Crippen molar-refractivity contribution in [2.45, 2.75) is 32.7 Å². The summed E-state index contributed by atoms with van der Waals surface area (Å²) in [7, 11) is 3.25. The van der Waals surface area contributed by atoms with Crippen molar-refractivity contribution < 1.29 is 14.3 Å². The first-order valence-electron chi connectivity index (χ1n) is 8.35. The summed E-state index contributed by atoms with van der Waals surface area (Å²) in [6.45, 7) is 4.15. The first-order valence-corrected chi connectivity index (χ1v) is 9.14. The molecule has 0 aliphatic carbocycles. The average Bonchev–Trinajstić information content (AvgIpc) is 2.64. The minimum atomic E-state index is -0.0961. The number of benzene rings is 2. The average molecular weight is 406 g/mol. The highest BCUT2D eigenvalue weighted by Gasteiger charge is 2.19. The maximum atomic E-state index is 12.6. The van der Waals surface area contributed by atoms with Crippen LogP contribution in [0.2, 0.25) is 0 Å². The van der Waals surface area contributed by atoms with Crippen LogP contribution >= 0.6 is 15.9 Å². The van der Waals surface area contributed by atoms with Gasteiger partial charge in [-0.05, 0) is 54.3 Å². The smallest absolute Gasteiger partial charge is 0.251 e. The van der Waals surface area contributed by atoms with E-state index >= 15 is 0 Å². The summed E-state index contributed by atoms with van der Waals surface area (Å²) in [6, 6.07) is 11.2. The Labute approximate surface area is 157 Å². The molecule has 0 saturated carbocycles. The topological polar surface area (TPSA) is 47.6 Å². The number of carbonyl (C=O) groups excluding carboxylic acids is 1. The van der Waals surface area contributed by atoms with Crippen LogP contribution in [0.4, 0.5) is 0 Å². The van der Waals surface area contributed by atoms with E-state index in [4.69, 9.17) is 9.47 Å². The van der Waals surface area contributed by atoms with E-state index in [1.54, 1.807) is 14.2 Å². The Hall–Kier alpha value is -2.01. The largest absolute Gasteiger partial charge is 0.493 e. The number of hydrogen-bond acceptors (Lipinski definition) is 3. The highest BCUT2D eigenvalue weighted by molar-refractivity contribution is 9.10. The van der Waals surface area contributed by atoms with Gasteiger partial charge in [-0.2, -0.15) is 0 Å². The van der Waals surface area contributed by atoms with Crippen LogP contribution < -0.4 is 14.8 Å². The van der Waals surface area contributed by atoms with Gasteiger partial charge in [0.1, 0.15) is 0 Å². The summed E-state index contributed by atoms with van der Waals surface area (Å²) < 4.78 is 11.7. The lowest BCUT2D eigenvalue weighted by molar-refractivity contribution is 0.0935. The van der Waals surface area contributed by atoms with Crippen molar-refractivity contribution in [1.29, 1.82) is 0 Å². The van der Waals surface area contributed by atoms with Gasteiger partial charge >= 0.3 is 0 Å². The Morgan fingerprint density at radius 2 is 1.80 bits per heavy atom. The lowest BCUT2D eigenvalue weighted by Crippen LogP contribution is -2.29. The number of carbonyl (C=O) groups is 1. The quantitative estimate of drug-likeness (QED) is 0.711. The van der Waals surface area contributed by atoms with Crippen molar-refractivity contribution in [3.63, 3.8) is 0 Å². The Kier molecular flexibility index (Phi) is 6.88. The van der Waals surface area contributed by atoms with Crippen LogP contribution in [-0.4, -0.2) is 20.1 Å². The molecule has 25 heavy (non-hydrogen) atoms. The predicted molar refractivity (Wildman–Crippen MR) is 104 cm³/mol. The summed E-state index contributed by atoms with van der Waals surface area (Å²) in [5.74, 6) is 1.28. The number of halogens is 1. The lowest BCUT2D eigenvalue weighted by Gasteiger charge is -2.22. The van der Waals surface area contributed by atoms with Crippen molar-refractivity contribution in [2.24, 2.45) is 0 Å². The fourth-order valence-electron chi connectivity index (χ4n) is 2.84. The van der Waals surface area contributed by atoms with Crippen molar-refractivity contribution in [1.82, 2.24) is 5.32 Å². The molecular weight excluding hydrogens is 382 g/mol. The van der Waals surface area contributed by atoms with Crippen LogP contribution in [0.15, 0.2) is 40.9 Å². The molecule has 1 N–H and O–H groups in total. The van der Waals surface area contributed by atoms with Gasteiger partial charge in [0.05, 0.1) is 20.3 Å². The number of rotatable bonds is 7. The molecule has 1 amide bonds. The second-order valence-electron chi connectivity index (χ2n) is 5.70. The Morgan fingerprint density at radius 1 is 1.12 bits per heavy atom. The highest BCUT2D eigenvalue weighted by Crippen LogP contribution is 2.34. The molecule has 134 valence electrons. The third-order valence-electron chi connectivity index (χ3n) is 4.20. The molecule has 1 atom stereocenters. The van der Waals surface area contributed by atoms with E-state index in [2.05, 4.69) is 35.1 Å². The highest BCUT2D eigenvalue weighted by atomic mass is 79.9. The fourth-order valence-corrected chi connectivity index (χ4v) is 3.24. The third kappa shape index (κ3) is 4.54. The van der Waals surface area contributed by atoms with Crippen LogP contribution in [-0.2, 0) is 6.42 Å². The molecule has 2 aromatic carbocycles. The van der Waals surface area contributed by atoms with E-state index in [1.165, 1.54) is 0 Å². The number of hydrogen-bond donors (Lipinski definition) is 1. The summed E-state index contributed by atoms with van der Waals surface area (Å²) in [5, 5.41) is 3.13. The van der Waals surface area contributed by atoms with E-state index in [9.17, 15) is 4.79 Å². The third-order valence-corrected chi connectivity index (χ3v) is 4.70. The molecular formula is C20H24BrNO3. The number of ether oxygens (including phenoxy) is 2. The molecule has 0 radical (unpaired) electrons. The van der Waals surface area contributed by atoms with Gasteiger partial charge in [0.15, 0.2) is 11.5 Å². The van der Waals surface area contributed by atoms with Crippen molar-refractivity contribution >= 4 is 21.8 Å². The van der Waals surface area contributed by atoms with Gasteiger partial charge in [-0.3, -0.25) is 4.79 Å². The maximum Gasteiger partial charge on any atom is 0.251 e. The SMILES string of the molecule is CCc1cc(OC)c(OC)cc1[C@H](CC)NC(=O)c1cccc(Br)c1. The first kappa shape index (κ1) is 19.3. The van der Waals surface area contributed by atoms with E-state index in [0.717, 1.165) is 28.4 Å². The molecule has 5 heteroatoms. The lowest BCUT2D eigenvalue weighted by atomic mass is 9.95.